The molecule has 0 aromatic heterocycles. The minimum atomic E-state index is -0.401. The van der Waals surface area contributed by atoms with E-state index in [2.05, 4.69) is 5.32 Å². The largest absolute Gasteiger partial charge is 0.495 e. The molecular formula is C29H24N2O3. The number of hydrogen-bond donors (Lipinski definition) is 1. The molecule has 168 valence electrons. The molecule has 0 unspecified atom stereocenters. The van der Waals surface area contributed by atoms with Crippen LogP contribution in [0.5, 0.6) is 5.75 Å². The fraction of sp³-hybridized carbons (Fsp3) is 0.103. The van der Waals surface area contributed by atoms with Gasteiger partial charge in [0, 0.05) is 5.39 Å². The lowest BCUT2D eigenvalue weighted by Crippen LogP contribution is -2.32. The number of rotatable bonds is 5. The maximum atomic E-state index is 13.9. The van der Waals surface area contributed by atoms with Crippen LogP contribution in [0.4, 0.5) is 11.4 Å². The van der Waals surface area contributed by atoms with Gasteiger partial charge in [0.05, 0.1) is 24.1 Å². The summed E-state index contributed by atoms with van der Waals surface area (Å²) in [5.74, 6) is -0.174. The van der Waals surface area contributed by atoms with Gasteiger partial charge in [0.15, 0.2) is 0 Å². The first kappa shape index (κ1) is 21.5. The molecule has 0 saturated carbocycles. The third kappa shape index (κ3) is 3.52. The lowest BCUT2D eigenvalue weighted by atomic mass is 9.97. The Labute approximate surface area is 198 Å². The van der Waals surface area contributed by atoms with Gasteiger partial charge < -0.3 is 10.1 Å². The van der Waals surface area contributed by atoms with Gasteiger partial charge in [-0.3, -0.25) is 9.59 Å². The molecule has 0 bridgehead atoms. The summed E-state index contributed by atoms with van der Waals surface area (Å²) >= 11 is 0. The Hall–Kier alpha value is -4.38. The van der Waals surface area contributed by atoms with E-state index in [0.717, 1.165) is 27.5 Å². The lowest BCUT2D eigenvalue weighted by molar-refractivity contribution is -0.120. The normalized spacial score (nSPS) is 13.7. The van der Waals surface area contributed by atoms with Gasteiger partial charge in [-0.25, -0.2) is 4.90 Å². The first-order valence-corrected chi connectivity index (χ1v) is 11.1. The zero-order valence-electron chi connectivity index (χ0n) is 19.3. The van der Waals surface area contributed by atoms with E-state index in [0.29, 0.717) is 22.7 Å². The summed E-state index contributed by atoms with van der Waals surface area (Å²) in [7, 11) is 1.57. The highest BCUT2D eigenvalue weighted by Crippen LogP contribution is 2.38. The summed E-state index contributed by atoms with van der Waals surface area (Å²) in [4.78, 5) is 29.1. The van der Waals surface area contributed by atoms with Gasteiger partial charge >= 0.3 is 0 Å². The van der Waals surface area contributed by atoms with E-state index in [1.54, 1.807) is 7.11 Å². The molecule has 0 radical (unpaired) electrons. The summed E-state index contributed by atoms with van der Waals surface area (Å²) < 4.78 is 5.47. The zero-order valence-corrected chi connectivity index (χ0v) is 19.3. The van der Waals surface area contributed by atoms with Gasteiger partial charge in [0.2, 0.25) is 0 Å². The molecule has 34 heavy (non-hydrogen) atoms. The molecule has 5 nitrogen and oxygen atoms in total. The van der Waals surface area contributed by atoms with Crippen molar-refractivity contribution >= 4 is 39.5 Å². The highest BCUT2D eigenvalue weighted by atomic mass is 16.5. The Kier molecular flexibility index (Phi) is 5.38. The Morgan fingerprint density at radius 2 is 1.53 bits per heavy atom. The van der Waals surface area contributed by atoms with Crippen LogP contribution in [0.15, 0.2) is 90.6 Å². The second-order valence-corrected chi connectivity index (χ2v) is 8.34. The van der Waals surface area contributed by atoms with Crippen LogP contribution in [0.25, 0.3) is 16.3 Å². The number of anilines is 2. The van der Waals surface area contributed by atoms with Crippen molar-refractivity contribution in [3.63, 3.8) is 0 Å². The topological polar surface area (TPSA) is 58.6 Å². The van der Waals surface area contributed by atoms with Crippen molar-refractivity contribution in [2.75, 3.05) is 17.3 Å². The molecule has 0 spiro atoms. The Balaban J connectivity index is 1.70. The smallest absolute Gasteiger partial charge is 0.282 e. The van der Waals surface area contributed by atoms with Crippen molar-refractivity contribution in [1.29, 1.82) is 0 Å². The second-order valence-electron chi connectivity index (χ2n) is 8.34. The first-order chi connectivity index (χ1) is 16.5. The summed E-state index contributed by atoms with van der Waals surface area (Å²) in [6.45, 7) is 3.96. The number of carbonyl (C=O) groups excluding carboxylic acids is 2. The van der Waals surface area contributed by atoms with Gasteiger partial charge in [0.25, 0.3) is 11.8 Å². The summed E-state index contributed by atoms with van der Waals surface area (Å²) in [5.41, 5.74) is 4.49. The van der Waals surface area contributed by atoms with E-state index in [-0.39, 0.29) is 11.6 Å². The Bertz CT molecular complexity index is 1480. The van der Waals surface area contributed by atoms with Gasteiger partial charge in [-0.1, -0.05) is 72.3 Å². The van der Waals surface area contributed by atoms with Crippen LogP contribution in [0, 0.1) is 13.8 Å². The predicted molar refractivity (Wildman–Crippen MR) is 136 cm³/mol. The van der Waals surface area contributed by atoms with Crippen molar-refractivity contribution < 1.29 is 14.3 Å². The molecule has 4 aromatic carbocycles. The lowest BCUT2D eigenvalue weighted by Gasteiger charge is -2.18. The number of carbonyl (C=O) groups is 2. The van der Waals surface area contributed by atoms with Crippen molar-refractivity contribution in [1.82, 2.24) is 0 Å². The third-order valence-electron chi connectivity index (χ3n) is 6.11. The number of methoxy groups -OCH3 is 1. The summed E-state index contributed by atoms with van der Waals surface area (Å²) in [5, 5.41) is 5.02. The molecular weight excluding hydrogens is 424 g/mol. The van der Waals surface area contributed by atoms with E-state index in [1.807, 2.05) is 98.8 Å². The molecule has 1 aliphatic rings. The van der Waals surface area contributed by atoms with Gasteiger partial charge in [0.1, 0.15) is 11.4 Å². The average molecular weight is 449 g/mol. The van der Waals surface area contributed by atoms with E-state index in [9.17, 15) is 9.59 Å². The Morgan fingerprint density at radius 3 is 2.32 bits per heavy atom. The second kappa shape index (κ2) is 8.52. The maximum Gasteiger partial charge on any atom is 0.282 e. The first-order valence-electron chi connectivity index (χ1n) is 11.1. The van der Waals surface area contributed by atoms with Gasteiger partial charge in [-0.2, -0.15) is 0 Å². The van der Waals surface area contributed by atoms with Crippen LogP contribution in [0.2, 0.25) is 0 Å². The Morgan fingerprint density at radius 1 is 0.794 bits per heavy atom. The molecule has 5 heteroatoms. The molecule has 1 N–H and O–H groups in total. The van der Waals surface area contributed by atoms with Crippen molar-refractivity contribution in [2.24, 2.45) is 0 Å². The molecule has 0 saturated heterocycles. The molecule has 0 atom stereocenters. The quantitative estimate of drug-likeness (QED) is 0.389. The van der Waals surface area contributed by atoms with Crippen molar-refractivity contribution in [3.8, 4) is 5.75 Å². The fourth-order valence-electron chi connectivity index (χ4n) is 4.49. The highest BCUT2D eigenvalue weighted by Gasteiger charge is 2.41. The number of ether oxygens (including phenoxy) is 1. The number of nitrogens with one attached hydrogen (secondary N) is 1. The number of benzene rings is 4. The average Bonchev–Trinajstić information content (AvgIpc) is 3.08. The summed E-state index contributed by atoms with van der Waals surface area (Å²) in [6, 6.07) is 26.6. The number of imide groups is 1. The number of amides is 2. The highest BCUT2D eigenvalue weighted by molar-refractivity contribution is 6.47. The van der Waals surface area contributed by atoms with Crippen molar-refractivity contribution in [2.45, 2.75) is 13.8 Å². The van der Waals surface area contributed by atoms with Crippen LogP contribution in [-0.2, 0) is 9.59 Å². The molecule has 0 aliphatic carbocycles. The zero-order chi connectivity index (χ0) is 23.8. The monoisotopic (exact) mass is 448 g/mol. The van der Waals surface area contributed by atoms with Crippen LogP contribution < -0.4 is 15.0 Å². The maximum absolute atomic E-state index is 13.9. The standard InChI is InChI=1S/C29H24N2O3/c1-18-15-16-21(19(2)17-18)26-27(30-23-12-6-7-14-25(23)34-3)29(33)31(28(26)32)24-13-8-10-20-9-4-5-11-22(20)24/h4-17,30H,1-3H3. The van der Waals surface area contributed by atoms with Gasteiger partial charge in [-0.05, 0) is 48.6 Å². The molecule has 0 fully saturated rings. The number of nitrogens with zero attached hydrogens (tertiary/aromatic N) is 1. The number of hydrogen-bond acceptors (Lipinski definition) is 4. The predicted octanol–water partition coefficient (Wildman–Crippen LogP) is 5.86. The SMILES string of the molecule is COc1ccccc1NC1=C(c2ccc(C)cc2C)C(=O)N(c2cccc3ccccc23)C1=O. The fourth-order valence-corrected chi connectivity index (χ4v) is 4.49. The third-order valence-corrected chi connectivity index (χ3v) is 6.11. The molecule has 1 heterocycles. The van der Waals surface area contributed by atoms with Crippen LogP contribution in [-0.4, -0.2) is 18.9 Å². The van der Waals surface area contributed by atoms with Crippen LogP contribution in [0.1, 0.15) is 16.7 Å². The van der Waals surface area contributed by atoms with Gasteiger partial charge in [-0.15, -0.1) is 0 Å². The number of aryl methyl sites for hydroxylation is 2. The number of para-hydroxylation sites is 2. The summed E-state index contributed by atoms with van der Waals surface area (Å²) in [6.07, 6.45) is 0. The molecule has 1 aliphatic heterocycles. The van der Waals surface area contributed by atoms with E-state index < -0.39 is 5.91 Å². The minimum Gasteiger partial charge on any atom is -0.495 e. The van der Waals surface area contributed by atoms with Crippen LogP contribution >= 0.6 is 0 Å². The minimum absolute atomic E-state index is 0.231. The molecule has 4 aromatic rings. The van der Waals surface area contributed by atoms with E-state index in [4.69, 9.17) is 4.74 Å². The van der Waals surface area contributed by atoms with E-state index in [1.165, 1.54) is 4.90 Å². The molecule has 5 rings (SSSR count). The number of fused-ring (bicyclic) bond motifs is 1. The molecule has 2 amide bonds. The van der Waals surface area contributed by atoms with Crippen LogP contribution in [0.3, 0.4) is 0 Å². The van der Waals surface area contributed by atoms with Crippen molar-refractivity contribution in [3.05, 3.63) is 107 Å². The van der Waals surface area contributed by atoms with E-state index >= 15 is 0 Å².